The fourth-order valence-electron chi connectivity index (χ4n) is 2.50. The molecule has 128 valence electrons. The lowest BCUT2D eigenvalue weighted by Crippen LogP contribution is -2.18. The van der Waals surface area contributed by atoms with E-state index in [1.807, 2.05) is 19.1 Å². The van der Waals surface area contributed by atoms with Crippen molar-refractivity contribution < 1.29 is 22.6 Å². The monoisotopic (exact) mass is 401 g/mol. The van der Waals surface area contributed by atoms with Crippen LogP contribution in [-0.4, -0.2) is 6.79 Å². The largest absolute Gasteiger partial charge is 0.454 e. The summed E-state index contributed by atoms with van der Waals surface area (Å²) in [6, 6.07) is 8.89. The molecule has 0 saturated carbocycles. The lowest BCUT2D eigenvalue weighted by atomic mass is 10.0. The summed E-state index contributed by atoms with van der Waals surface area (Å²) in [4.78, 5) is 0. The highest BCUT2D eigenvalue weighted by atomic mass is 79.9. The van der Waals surface area contributed by atoms with Gasteiger partial charge in [-0.2, -0.15) is 13.2 Å². The maximum absolute atomic E-state index is 12.8. The van der Waals surface area contributed by atoms with Crippen LogP contribution in [0.3, 0.4) is 0 Å². The van der Waals surface area contributed by atoms with Gasteiger partial charge in [-0.1, -0.05) is 12.1 Å². The average Bonchev–Trinajstić information content (AvgIpc) is 3.01. The number of nitrogens with one attached hydrogen (secondary N) is 1. The third kappa shape index (κ3) is 3.67. The summed E-state index contributed by atoms with van der Waals surface area (Å²) in [5, 5.41) is 3.23. The number of alkyl halides is 3. The molecular formula is C17H15BrF3NO2. The molecule has 1 aliphatic rings. The van der Waals surface area contributed by atoms with E-state index in [0.29, 0.717) is 23.6 Å². The van der Waals surface area contributed by atoms with Gasteiger partial charge in [-0.15, -0.1) is 0 Å². The second-order valence-electron chi connectivity index (χ2n) is 5.54. The zero-order valence-electron chi connectivity index (χ0n) is 12.8. The van der Waals surface area contributed by atoms with Crippen molar-refractivity contribution in [1.29, 1.82) is 0 Å². The molecule has 0 fully saturated rings. The van der Waals surface area contributed by atoms with E-state index in [0.717, 1.165) is 16.1 Å². The van der Waals surface area contributed by atoms with Crippen LogP contribution in [0.15, 0.2) is 40.9 Å². The number of halogens is 4. The van der Waals surface area contributed by atoms with Gasteiger partial charge in [0.1, 0.15) is 0 Å². The summed E-state index contributed by atoms with van der Waals surface area (Å²) in [5.74, 6) is 1.33. The topological polar surface area (TPSA) is 30.5 Å². The SMILES string of the molecule is CC(NCc1cc(Br)c2c(c1)OCO2)c1cccc(C(F)(F)F)c1. The van der Waals surface area contributed by atoms with Crippen LogP contribution in [0.5, 0.6) is 11.5 Å². The van der Waals surface area contributed by atoms with E-state index in [1.54, 1.807) is 6.07 Å². The molecule has 0 bridgehead atoms. The quantitative estimate of drug-likeness (QED) is 0.777. The van der Waals surface area contributed by atoms with E-state index in [-0.39, 0.29) is 12.8 Å². The second kappa shape index (κ2) is 6.64. The molecule has 24 heavy (non-hydrogen) atoms. The standard InChI is InChI=1S/C17H15BrF3NO2/c1-10(12-3-2-4-13(7-12)17(19,20)21)22-8-11-5-14(18)16-15(6-11)23-9-24-16/h2-7,10,22H,8-9H2,1H3. The molecule has 0 aromatic heterocycles. The first-order chi connectivity index (χ1) is 11.3. The Balaban J connectivity index is 1.70. The number of benzene rings is 2. The summed E-state index contributed by atoms with van der Waals surface area (Å²) in [6.07, 6.45) is -4.34. The molecule has 1 atom stereocenters. The fraction of sp³-hybridized carbons (Fsp3) is 0.294. The third-order valence-corrected chi connectivity index (χ3v) is 4.40. The maximum atomic E-state index is 12.8. The van der Waals surface area contributed by atoms with Crippen LogP contribution in [0, 0.1) is 0 Å². The molecule has 1 aliphatic heterocycles. The minimum atomic E-state index is -4.34. The summed E-state index contributed by atoms with van der Waals surface area (Å²) in [6.45, 7) is 2.51. The zero-order chi connectivity index (χ0) is 17.3. The third-order valence-electron chi connectivity index (χ3n) is 3.81. The molecule has 0 saturated heterocycles. The Bertz CT molecular complexity index is 749. The van der Waals surface area contributed by atoms with Crippen molar-refractivity contribution >= 4 is 15.9 Å². The first-order valence-corrected chi connectivity index (χ1v) is 8.12. The van der Waals surface area contributed by atoms with Crippen molar-refractivity contribution in [1.82, 2.24) is 5.32 Å². The second-order valence-corrected chi connectivity index (χ2v) is 6.39. The van der Waals surface area contributed by atoms with Gasteiger partial charge < -0.3 is 14.8 Å². The van der Waals surface area contributed by atoms with Crippen LogP contribution < -0.4 is 14.8 Å². The predicted octanol–water partition coefficient (Wildman–Crippen LogP) is 5.05. The van der Waals surface area contributed by atoms with Crippen LogP contribution in [0.1, 0.15) is 29.7 Å². The number of ether oxygens (including phenoxy) is 2. The molecule has 0 amide bonds. The van der Waals surface area contributed by atoms with Gasteiger partial charge in [0.05, 0.1) is 10.0 Å². The van der Waals surface area contributed by atoms with Crippen LogP contribution in [0.25, 0.3) is 0 Å². The highest BCUT2D eigenvalue weighted by molar-refractivity contribution is 9.10. The van der Waals surface area contributed by atoms with E-state index in [9.17, 15) is 13.2 Å². The van der Waals surface area contributed by atoms with Gasteiger partial charge in [0.25, 0.3) is 0 Å². The maximum Gasteiger partial charge on any atom is 0.416 e. The minimum Gasteiger partial charge on any atom is -0.454 e. The van der Waals surface area contributed by atoms with Gasteiger partial charge >= 0.3 is 6.18 Å². The molecule has 0 aliphatic carbocycles. The summed E-state index contributed by atoms with van der Waals surface area (Å²) >= 11 is 3.42. The van der Waals surface area contributed by atoms with Gasteiger partial charge in [0.15, 0.2) is 11.5 Å². The number of rotatable bonds is 4. The van der Waals surface area contributed by atoms with Crippen molar-refractivity contribution in [2.24, 2.45) is 0 Å². The molecule has 1 N–H and O–H groups in total. The Labute approximate surface area is 145 Å². The summed E-state index contributed by atoms with van der Waals surface area (Å²) < 4.78 is 49.9. The predicted molar refractivity (Wildman–Crippen MR) is 87.0 cm³/mol. The van der Waals surface area contributed by atoms with E-state index in [2.05, 4.69) is 21.2 Å². The molecular weight excluding hydrogens is 387 g/mol. The molecule has 7 heteroatoms. The van der Waals surface area contributed by atoms with E-state index in [1.165, 1.54) is 12.1 Å². The Morgan fingerprint density at radius 3 is 2.75 bits per heavy atom. The average molecular weight is 402 g/mol. The summed E-state index contributed by atoms with van der Waals surface area (Å²) in [5.41, 5.74) is 0.897. The lowest BCUT2D eigenvalue weighted by molar-refractivity contribution is -0.137. The number of hydrogen-bond acceptors (Lipinski definition) is 3. The van der Waals surface area contributed by atoms with Crippen LogP contribution >= 0.6 is 15.9 Å². The number of hydrogen-bond donors (Lipinski definition) is 1. The first kappa shape index (κ1) is 17.1. The Morgan fingerprint density at radius 2 is 2.00 bits per heavy atom. The van der Waals surface area contributed by atoms with E-state index in [4.69, 9.17) is 9.47 Å². The Kier molecular flexibility index (Phi) is 4.73. The molecule has 1 unspecified atom stereocenters. The Hall–Kier alpha value is -1.73. The Morgan fingerprint density at radius 1 is 1.21 bits per heavy atom. The van der Waals surface area contributed by atoms with E-state index < -0.39 is 11.7 Å². The molecule has 2 aromatic rings. The molecule has 1 heterocycles. The van der Waals surface area contributed by atoms with Gasteiger partial charge in [0, 0.05) is 12.6 Å². The first-order valence-electron chi connectivity index (χ1n) is 7.33. The highest BCUT2D eigenvalue weighted by Gasteiger charge is 2.30. The molecule has 2 aromatic carbocycles. The lowest BCUT2D eigenvalue weighted by Gasteiger charge is -2.16. The molecule has 0 radical (unpaired) electrons. The minimum absolute atomic E-state index is 0.186. The van der Waals surface area contributed by atoms with Crippen molar-refractivity contribution in [2.75, 3.05) is 6.79 Å². The van der Waals surface area contributed by atoms with Crippen LogP contribution in [0.4, 0.5) is 13.2 Å². The normalized spacial score (nSPS) is 14.7. The molecule has 3 nitrogen and oxygen atoms in total. The van der Waals surface area contributed by atoms with Gasteiger partial charge in [-0.25, -0.2) is 0 Å². The van der Waals surface area contributed by atoms with Gasteiger partial charge in [-0.05, 0) is 58.2 Å². The molecule has 3 rings (SSSR count). The summed E-state index contributed by atoms with van der Waals surface area (Å²) in [7, 11) is 0. The molecule has 0 spiro atoms. The van der Waals surface area contributed by atoms with Crippen molar-refractivity contribution in [2.45, 2.75) is 25.7 Å². The van der Waals surface area contributed by atoms with Gasteiger partial charge in [-0.3, -0.25) is 0 Å². The fourth-order valence-corrected chi connectivity index (χ4v) is 3.10. The smallest absolute Gasteiger partial charge is 0.416 e. The van der Waals surface area contributed by atoms with Crippen molar-refractivity contribution in [3.05, 3.63) is 57.6 Å². The van der Waals surface area contributed by atoms with Crippen molar-refractivity contribution in [3.63, 3.8) is 0 Å². The highest BCUT2D eigenvalue weighted by Crippen LogP contribution is 2.40. The zero-order valence-corrected chi connectivity index (χ0v) is 14.4. The number of fused-ring (bicyclic) bond motifs is 1. The van der Waals surface area contributed by atoms with Crippen LogP contribution in [-0.2, 0) is 12.7 Å². The van der Waals surface area contributed by atoms with E-state index >= 15 is 0 Å². The van der Waals surface area contributed by atoms with Crippen molar-refractivity contribution in [3.8, 4) is 11.5 Å². The van der Waals surface area contributed by atoms with Gasteiger partial charge in [0.2, 0.25) is 6.79 Å². The van der Waals surface area contributed by atoms with Crippen LogP contribution in [0.2, 0.25) is 0 Å².